The second-order valence-electron chi connectivity index (χ2n) is 11.4. The van der Waals surface area contributed by atoms with Crippen LogP contribution >= 0.6 is 0 Å². The predicted octanol–water partition coefficient (Wildman–Crippen LogP) is 10.1. The molecule has 0 aromatic heterocycles. The standard InChI is InChI=1S/C32H62O4/c1-5-6-7-8-9-10-11-12-13-14-15-18-21-24-27-35-31(33)25-22-19-16-17-20-23-26-32(34)36-30(4)28-29(2)3/h29-30H,5-28H2,1-4H3. The number of ether oxygens (including phenoxy) is 2. The molecule has 36 heavy (non-hydrogen) atoms. The molecular weight excluding hydrogens is 448 g/mol. The summed E-state index contributed by atoms with van der Waals surface area (Å²) in [5.74, 6) is 0.446. The van der Waals surface area contributed by atoms with Crippen LogP contribution in [0.5, 0.6) is 0 Å². The van der Waals surface area contributed by atoms with E-state index >= 15 is 0 Å². The van der Waals surface area contributed by atoms with Crippen LogP contribution in [0.15, 0.2) is 0 Å². The molecule has 0 rings (SSSR count). The molecule has 0 aliphatic heterocycles. The first-order valence-corrected chi connectivity index (χ1v) is 15.8. The third-order valence-electron chi connectivity index (χ3n) is 6.91. The molecule has 0 aromatic rings. The van der Waals surface area contributed by atoms with E-state index < -0.39 is 0 Å². The number of rotatable bonds is 27. The molecule has 0 aliphatic rings. The van der Waals surface area contributed by atoms with Crippen LogP contribution in [0.3, 0.4) is 0 Å². The number of carbonyl (C=O) groups is 2. The van der Waals surface area contributed by atoms with E-state index in [0.717, 1.165) is 51.4 Å². The SMILES string of the molecule is CCCCCCCCCCCCCCCCOC(=O)CCCCCCCCC(=O)OC(C)CC(C)C. The largest absolute Gasteiger partial charge is 0.466 e. The van der Waals surface area contributed by atoms with Gasteiger partial charge in [-0.2, -0.15) is 0 Å². The van der Waals surface area contributed by atoms with E-state index in [-0.39, 0.29) is 18.0 Å². The van der Waals surface area contributed by atoms with E-state index in [1.54, 1.807) is 0 Å². The highest BCUT2D eigenvalue weighted by atomic mass is 16.5. The van der Waals surface area contributed by atoms with Crippen LogP contribution in [0, 0.1) is 5.92 Å². The van der Waals surface area contributed by atoms with Gasteiger partial charge in [0.25, 0.3) is 0 Å². The smallest absolute Gasteiger partial charge is 0.306 e. The first-order chi connectivity index (χ1) is 17.5. The van der Waals surface area contributed by atoms with Crippen molar-refractivity contribution < 1.29 is 19.1 Å². The van der Waals surface area contributed by atoms with E-state index in [1.807, 2.05) is 6.92 Å². The molecule has 4 nitrogen and oxygen atoms in total. The fourth-order valence-electron chi connectivity index (χ4n) is 4.80. The first kappa shape index (κ1) is 34.9. The average Bonchev–Trinajstić information content (AvgIpc) is 2.82. The summed E-state index contributed by atoms with van der Waals surface area (Å²) in [6.07, 6.45) is 26.9. The summed E-state index contributed by atoms with van der Waals surface area (Å²) in [6.45, 7) is 9.13. The van der Waals surface area contributed by atoms with Gasteiger partial charge in [0, 0.05) is 12.8 Å². The maximum atomic E-state index is 11.9. The van der Waals surface area contributed by atoms with Crippen molar-refractivity contribution in [2.24, 2.45) is 5.92 Å². The van der Waals surface area contributed by atoms with Crippen LogP contribution in [0.2, 0.25) is 0 Å². The van der Waals surface area contributed by atoms with E-state index in [0.29, 0.717) is 25.4 Å². The van der Waals surface area contributed by atoms with Crippen LogP contribution < -0.4 is 0 Å². The van der Waals surface area contributed by atoms with Crippen molar-refractivity contribution in [1.82, 2.24) is 0 Å². The van der Waals surface area contributed by atoms with Gasteiger partial charge in [0.1, 0.15) is 0 Å². The Balaban J connectivity index is 3.29. The Morgan fingerprint density at radius 3 is 1.36 bits per heavy atom. The summed E-state index contributed by atoms with van der Waals surface area (Å²) in [4.78, 5) is 23.7. The number of esters is 2. The molecule has 4 heteroatoms. The molecule has 0 amide bonds. The van der Waals surface area contributed by atoms with Crippen molar-refractivity contribution in [3.63, 3.8) is 0 Å². The van der Waals surface area contributed by atoms with E-state index in [4.69, 9.17) is 9.47 Å². The Morgan fingerprint density at radius 1 is 0.528 bits per heavy atom. The summed E-state index contributed by atoms with van der Waals surface area (Å²) >= 11 is 0. The minimum absolute atomic E-state index is 0.0200. The van der Waals surface area contributed by atoms with Gasteiger partial charge in [-0.1, -0.05) is 130 Å². The average molecular weight is 511 g/mol. The van der Waals surface area contributed by atoms with Crippen LogP contribution in [0.25, 0.3) is 0 Å². The zero-order chi connectivity index (χ0) is 26.7. The molecule has 0 fully saturated rings. The summed E-state index contributed by atoms with van der Waals surface area (Å²) in [5.41, 5.74) is 0. The zero-order valence-corrected chi connectivity index (χ0v) is 24.8. The van der Waals surface area contributed by atoms with Gasteiger partial charge in [0.2, 0.25) is 0 Å². The van der Waals surface area contributed by atoms with Crippen LogP contribution in [-0.2, 0) is 19.1 Å². The van der Waals surface area contributed by atoms with Gasteiger partial charge in [-0.3, -0.25) is 9.59 Å². The van der Waals surface area contributed by atoms with Crippen molar-refractivity contribution in [1.29, 1.82) is 0 Å². The topological polar surface area (TPSA) is 52.6 Å². The Bertz CT molecular complexity index is 489. The maximum absolute atomic E-state index is 11.9. The van der Waals surface area contributed by atoms with Gasteiger partial charge >= 0.3 is 11.9 Å². The lowest BCUT2D eigenvalue weighted by molar-refractivity contribution is -0.149. The van der Waals surface area contributed by atoms with Crippen molar-refractivity contribution in [2.75, 3.05) is 6.61 Å². The number of hydrogen-bond acceptors (Lipinski definition) is 4. The molecule has 0 N–H and O–H groups in total. The van der Waals surface area contributed by atoms with Crippen LogP contribution in [-0.4, -0.2) is 24.6 Å². The lowest BCUT2D eigenvalue weighted by Crippen LogP contribution is -2.16. The fourth-order valence-corrected chi connectivity index (χ4v) is 4.80. The van der Waals surface area contributed by atoms with E-state index in [9.17, 15) is 9.59 Å². The van der Waals surface area contributed by atoms with Gasteiger partial charge in [-0.25, -0.2) is 0 Å². The third-order valence-corrected chi connectivity index (χ3v) is 6.91. The highest BCUT2D eigenvalue weighted by Gasteiger charge is 2.10. The maximum Gasteiger partial charge on any atom is 0.306 e. The fraction of sp³-hybridized carbons (Fsp3) is 0.938. The van der Waals surface area contributed by atoms with Gasteiger partial charge < -0.3 is 9.47 Å². The number of unbranched alkanes of at least 4 members (excludes halogenated alkanes) is 18. The van der Waals surface area contributed by atoms with E-state index in [1.165, 1.54) is 83.5 Å². The van der Waals surface area contributed by atoms with Gasteiger partial charge in [0.15, 0.2) is 0 Å². The van der Waals surface area contributed by atoms with Crippen molar-refractivity contribution >= 4 is 11.9 Å². The predicted molar refractivity (Wildman–Crippen MR) is 153 cm³/mol. The number of hydrogen-bond donors (Lipinski definition) is 0. The summed E-state index contributed by atoms with van der Waals surface area (Å²) in [7, 11) is 0. The second-order valence-corrected chi connectivity index (χ2v) is 11.4. The van der Waals surface area contributed by atoms with Crippen molar-refractivity contribution in [2.45, 2.75) is 181 Å². The van der Waals surface area contributed by atoms with Crippen molar-refractivity contribution in [3.8, 4) is 0 Å². The van der Waals surface area contributed by atoms with Gasteiger partial charge in [-0.05, 0) is 38.5 Å². The quantitative estimate of drug-likeness (QED) is 0.0814. The Hall–Kier alpha value is -1.06. The summed E-state index contributed by atoms with van der Waals surface area (Å²) < 4.78 is 10.8. The molecule has 0 spiro atoms. The molecule has 1 atom stereocenters. The molecule has 0 aliphatic carbocycles. The van der Waals surface area contributed by atoms with Crippen molar-refractivity contribution in [3.05, 3.63) is 0 Å². The minimum Gasteiger partial charge on any atom is -0.466 e. The van der Waals surface area contributed by atoms with Gasteiger partial charge in [-0.15, -0.1) is 0 Å². The lowest BCUT2D eigenvalue weighted by atomic mass is 10.0. The molecule has 1 unspecified atom stereocenters. The molecular formula is C32H62O4. The Kier molecular flexibility index (Phi) is 26.2. The molecule has 0 saturated carbocycles. The van der Waals surface area contributed by atoms with Crippen LogP contribution in [0.4, 0.5) is 0 Å². The third kappa shape index (κ3) is 27.5. The first-order valence-electron chi connectivity index (χ1n) is 15.8. The Labute approximate surface area is 225 Å². The molecule has 0 radical (unpaired) electrons. The molecule has 0 heterocycles. The summed E-state index contributed by atoms with van der Waals surface area (Å²) in [5, 5.41) is 0. The monoisotopic (exact) mass is 510 g/mol. The highest BCUT2D eigenvalue weighted by Crippen LogP contribution is 2.14. The minimum atomic E-state index is -0.0651. The number of carbonyl (C=O) groups excluding carboxylic acids is 2. The molecule has 0 bridgehead atoms. The molecule has 214 valence electrons. The lowest BCUT2D eigenvalue weighted by Gasteiger charge is -2.15. The second kappa shape index (κ2) is 27.0. The highest BCUT2D eigenvalue weighted by molar-refractivity contribution is 5.69. The normalized spacial score (nSPS) is 12.1. The summed E-state index contributed by atoms with van der Waals surface area (Å²) in [6, 6.07) is 0. The molecule has 0 saturated heterocycles. The van der Waals surface area contributed by atoms with E-state index in [2.05, 4.69) is 20.8 Å². The van der Waals surface area contributed by atoms with Crippen LogP contribution in [0.1, 0.15) is 175 Å². The Morgan fingerprint density at radius 2 is 0.917 bits per heavy atom. The zero-order valence-electron chi connectivity index (χ0n) is 24.8. The molecule has 0 aromatic carbocycles. The van der Waals surface area contributed by atoms with Gasteiger partial charge in [0.05, 0.1) is 12.7 Å².